The molecular formula is C48H42Cl2FN5O5. The van der Waals surface area contributed by atoms with Crippen molar-refractivity contribution < 1.29 is 28.4 Å². The summed E-state index contributed by atoms with van der Waals surface area (Å²) in [5.41, 5.74) is 4.28. The minimum Gasteiger partial charge on any atom is -0.324 e. The number of imide groups is 1. The first kappa shape index (κ1) is 39.7. The molecule has 4 aromatic carbocycles. The molecule has 0 radical (unpaired) electrons. The lowest BCUT2D eigenvalue weighted by Gasteiger charge is -2.41. The van der Waals surface area contributed by atoms with Gasteiger partial charge in [0.15, 0.2) is 5.78 Å². The van der Waals surface area contributed by atoms with E-state index in [1.807, 2.05) is 36.4 Å². The van der Waals surface area contributed by atoms with Crippen molar-refractivity contribution in [3.05, 3.63) is 134 Å². The van der Waals surface area contributed by atoms with Crippen LogP contribution in [0.4, 0.5) is 10.1 Å². The number of likely N-dealkylation sites (tertiary alicyclic amines) is 1. The lowest BCUT2D eigenvalue weighted by molar-refractivity contribution is -0.137. The number of amides is 4. The van der Waals surface area contributed by atoms with Gasteiger partial charge in [-0.2, -0.15) is 0 Å². The predicted octanol–water partition coefficient (Wildman–Crippen LogP) is 7.43. The van der Waals surface area contributed by atoms with Gasteiger partial charge >= 0.3 is 0 Å². The average Bonchev–Trinajstić information content (AvgIpc) is 3.65. The van der Waals surface area contributed by atoms with Crippen molar-refractivity contribution in [2.75, 3.05) is 11.9 Å². The Labute approximate surface area is 362 Å². The Morgan fingerprint density at radius 1 is 0.934 bits per heavy atom. The number of rotatable bonds is 9. The van der Waals surface area contributed by atoms with Crippen LogP contribution in [0.15, 0.2) is 78.9 Å². The van der Waals surface area contributed by atoms with Crippen LogP contribution in [0.1, 0.15) is 112 Å². The smallest absolute Gasteiger partial charge is 0.255 e. The minimum absolute atomic E-state index is 0.00995. The monoisotopic (exact) mass is 857 g/mol. The molecule has 4 aromatic rings. The summed E-state index contributed by atoms with van der Waals surface area (Å²) in [7, 11) is 0. The van der Waals surface area contributed by atoms with Gasteiger partial charge in [0.05, 0.1) is 5.02 Å². The maximum Gasteiger partial charge on any atom is 0.255 e. The van der Waals surface area contributed by atoms with Gasteiger partial charge in [-0.3, -0.25) is 34.2 Å². The van der Waals surface area contributed by atoms with E-state index in [1.54, 1.807) is 36.4 Å². The first-order chi connectivity index (χ1) is 29.5. The Kier molecular flexibility index (Phi) is 10.1. The highest BCUT2D eigenvalue weighted by Crippen LogP contribution is 2.61. The van der Waals surface area contributed by atoms with Gasteiger partial charge in [0, 0.05) is 89.4 Å². The quantitative estimate of drug-likeness (QED) is 0.0692. The Balaban J connectivity index is 0.828. The number of carbonyl (C=O) groups excluding carboxylic acids is 5. The molecule has 4 fully saturated rings. The van der Waals surface area contributed by atoms with Crippen LogP contribution >= 0.6 is 23.2 Å². The van der Waals surface area contributed by atoms with E-state index in [0.29, 0.717) is 77.5 Å². The number of benzene rings is 4. The van der Waals surface area contributed by atoms with Crippen molar-refractivity contribution >= 4 is 58.3 Å². The lowest BCUT2D eigenvalue weighted by Crippen LogP contribution is -2.53. The van der Waals surface area contributed by atoms with Crippen LogP contribution in [0.5, 0.6) is 0 Å². The number of hydrogen-bond donors (Lipinski definition) is 3. The maximum absolute atomic E-state index is 16.2. The zero-order chi connectivity index (χ0) is 42.2. The fourth-order valence-corrected chi connectivity index (χ4v) is 10.9. The molecule has 10 nitrogen and oxygen atoms in total. The molecule has 3 N–H and O–H groups in total. The normalized spacial score (nSPS) is 26.5. The van der Waals surface area contributed by atoms with E-state index in [4.69, 9.17) is 23.2 Å². The summed E-state index contributed by atoms with van der Waals surface area (Å²) < 4.78 is 16.2. The summed E-state index contributed by atoms with van der Waals surface area (Å²) in [6.45, 7) is 0.956. The number of unbranched alkanes of at least 4 members (excludes halogenated alkanes) is 1. The number of nitrogens with zero attached hydrogens (tertiary/aromatic N) is 2. The number of hydrogen-bond acceptors (Lipinski definition) is 7. The molecule has 0 aromatic heterocycles. The van der Waals surface area contributed by atoms with E-state index in [0.717, 1.165) is 29.5 Å². The van der Waals surface area contributed by atoms with Crippen LogP contribution in [0.25, 0.3) is 0 Å². The van der Waals surface area contributed by atoms with Gasteiger partial charge in [0.25, 0.3) is 5.91 Å². The van der Waals surface area contributed by atoms with Crippen molar-refractivity contribution in [3.63, 3.8) is 0 Å². The summed E-state index contributed by atoms with van der Waals surface area (Å²) in [6.07, 6.45) is 4.69. The standard InChI is InChI=1S/C48H42Cl2FN5O5/c49-30-18-19-34-37(22-30)53-47(61)48(34)42(32-9-5-10-35(50)43(32)51)44-39(56(48)24-26-12-13-26)23-36(52-44)28-14-16-29(17-15-28)40(57)11-3-1-2-6-27-7-4-8-31-33(27)25-55(46(31)60)38-20-21-41(58)54-45(38)59/h4-5,7-10,14-19,22,26,36,38-39,42,44,52H,1,3,11-13,20-21,23-25H2,(H,53,61)(H,54,58,59)/t36-,38?,39+,42+,44-,48-/m1/s1. The number of halogens is 3. The highest BCUT2D eigenvalue weighted by atomic mass is 35.5. The Morgan fingerprint density at radius 2 is 1.74 bits per heavy atom. The number of fused-ring (bicyclic) bond motifs is 4. The fraction of sp³-hybridized carbons (Fsp3) is 0.354. The van der Waals surface area contributed by atoms with Crippen molar-refractivity contribution in [1.29, 1.82) is 0 Å². The van der Waals surface area contributed by atoms with E-state index >= 15 is 4.39 Å². The summed E-state index contributed by atoms with van der Waals surface area (Å²) in [6, 6.07) is 22.4. The second kappa shape index (κ2) is 15.5. The number of ketones is 1. The zero-order valence-corrected chi connectivity index (χ0v) is 34.6. The molecule has 6 atom stereocenters. The lowest BCUT2D eigenvalue weighted by atomic mass is 9.73. The van der Waals surface area contributed by atoms with Gasteiger partial charge in [-0.05, 0) is 85.0 Å². The number of nitrogens with one attached hydrogen (secondary N) is 3. The molecule has 4 amide bonds. The first-order valence-corrected chi connectivity index (χ1v) is 21.7. The molecule has 13 heteroatoms. The Hall–Kier alpha value is -5.38. The first-order valence-electron chi connectivity index (χ1n) is 21.0. The topological polar surface area (TPSA) is 128 Å². The molecule has 1 aliphatic carbocycles. The van der Waals surface area contributed by atoms with Crippen molar-refractivity contribution in [1.82, 2.24) is 20.4 Å². The number of anilines is 1. The van der Waals surface area contributed by atoms with Crippen LogP contribution in [0.3, 0.4) is 0 Å². The molecule has 6 aliphatic rings. The molecule has 5 heterocycles. The van der Waals surface area contributed by atoms with E-state index in [9.17, 15) is 24.0 Å². The van der Waals surface area contributed by atoms with Gasteiger partial charge < -0.3 is 15.5 Å². The van der Waals surface area contributed by atoms with Crippen LogP contribution in [0.2, 0.25) is 10.0 Å². The van der Waals surface area contributed by atoms with Gasteiger partial charge in [-0.25, -0.2) is 4.39 Å². The third-order valence-electron chi connectivity index (χ3n) is 13.5. The van der Waals surface area contributed by atoms with Gasteiger partial charge in [-0.1, -0.05) is 83.6 Å². The van der Waals surface area contributed by atoms with E-state index < -0.39 is 29.2 Å². The minimum atomic E-state index is -1.17. The number of carbonyl (C=O) groups is 5. The predicted molar refractivity (Wildman–Crippen MR) is 227 cm³/mol. The van der Waals surface area contributed by atoms with Crippen molar-refractivity contribution in [2.45, 2.75) is 93.5 Å². The molecule has 1 unspecified atom stereocenters. The Bertz CT molecular complexity index is 2600. The van der Waals surface area contributed by atoms with E-state index in [1.165, 1.54) is 11.0 Å². The summed E-state index contributed by atoms with van der Waals surface area (Å²) in [4.78, 5) is 69.0. The fourth-order valence-electron chi connectivity index (χ4n) is 10.5. The molecule has 10 rings (SSSR count). The molecular weight excluding hydrogens is 816 g/mol. The summed E-state index contributed by atoms with van der Waals surface area (Å²) in [5.74, 6) is 4.48. The SMILES string of the molecule is O=C1CCC(N2Cc3c(C#CCCCC(=O)c4ccc([C@H]5C[C@H]6[C@@H](N5)[C@H](c5cccc(Cl)c5F)[C@]5(C(=O)Nc7cc(Cl)ccc75)N6CC5CC5)cc4)cccc3C2=O)C(=O)N1. The molecule has 3 saturated heterocycles. The molecule has 0 bridgehead atoms. The van der Waals surface area contributed by atoms with Gasteiger partial charge in [0.1, 0.15) is 17.4 Å². The third kappa shape index (κ3) is 6.76. The Morgan fingerprint density at radius 3 is 2.52 bits per heavy atom. The van der Waals surface area contributed by atoms with Gasteiger partial charge in [0.2, 0.25) is 17.7 Å². The second-order valence-electron chi connectivity index (χ2n) is 17.1. The number of piperidine rings is 1. The highest BCUT2D eigenvalue weighted by molar-refractivity contribution is 6.31. The number of Topliss-reactive ketones (excluding diaryl/α,β-unsaturated/α-hetero) is 1. The van der Waals surface area contributed by atoms with Crippen molar-refractivity contribution in [2.24, 2.45) is 5.92 Å². The highest BCUT2D eigenvalue weighted by Gasteiger charge is 2.69. The van der Waals surface area contributed by atoms with Crippen LogP contribution in [0, 0.1) is 23.6 Å². The van der Waals surface area contributed by atoms with E-state index in [-0.39, 0.29) is 59.6 Å². The second-order valence-corrected chi connectivity index (χ2v) is 18.0. The molecule has 310 valence electrons. The van der Waals surface area contributed by atoms with Crippen LogP contribution < -0.4 is 16.0 Å². The summed E-state index contributed by atoms with van der Waals surface area (Å²) >= 11 is 12.8. The van der Waals surface area contributed by atoms with E-state index in [2.05, 4.69) is 32.7 Å². The molecule has 1 spiro atoms. The van der Waals surface area contributed by atoms with Crippen LogP contribution in [-0.2, 0) is 26.5 Å². The maximum atomic E-state index is 16.2. The van der Waals surface area contributed by atoms with Crippen LogP contribution in [-0.4, -0.2) is 63.9 Å². The van der Waals surface area contributed by atoms with Gasteiger partial charge in [-0.15, -0.1) is 0 Å². The summed E-state index contributed by atoms with van der Waals surface area (Å²) in [5, 5.41) is 9.81. The third-order valence-corrected chi connectivity index (χ3v) is 14.1. The molecule has 61 heavy (non-hydrogen) atoms. The van der Waals surface area contributed by atoms with Crippen molar-refractivity contribution in [3.8, 4) is 11.8 Å². The average molecular weight is 859 g/mol. The molecule has 1 saturated carbocycles. The molecule has 5 aliphatic heterocycles. The zero-order valence-electron chi connectivity index (χ0n) is 33.1. The largest absolute Gasteiger partial charge is 0.324 e.